The van der Waals surface area contributed by atoms with Crippen LogP contribution in [0.1, 0.15) is 16.7 Å². The number of β-amino-alcohol motifs (C(OH)–C–C–N with tert-alkyl or cyclic N) is 2. The predicted molar refractivity (Wildman–Crippen MR) is 63.2 cm³/mol. The van der Waals surface area contributed by atoms with Crippen LogP contribution in [0, 0.1) is 13.8 Å². The first-order valence-corrected chi connectivity index (χ1v) is 5.71. The van der Waals surface area contributed by atoms with E-state index < -0.39 is 12.2 Å². The number of aliphatic hydroxyl groups is 2. The van der Waals surface area contributed by atoms with Crippen LogP contribution in [0.25, 0.3) is 0 Å². The van der Waals surface area contributed by atoms with Crippen molar-refractivity contribution in [3.05, 3.63) is 34.9 Å². The molecule has 0 radical (unpaired) electrons. The van der Waals surface area contributed by atoms with E-state index in [1.165, 1.54) is 16.7 Å². The van der Waals surface area contributed by atoms with Crippen LogP contribution in [-0.2, 0) is 6.54 Å². The molecule has 3 heteroatoms. The van der Waals surface area contributed by atoms with Gasteiger partial charge in [0.25, 0.3) is 0 Å². The van der Waals surface area contributed by atoms with E-state index in [1.54, 1.807) is 0 Å². The minimum Gasteiger partial charge on any atom is -0.389 e. The van der Waals surface area contributed by atoms with Crippen molar-refractivity contribution < 1.29 is 10.2 Å². The summed E-state index contributed by atoms with van der Waals surface area (Å²) in [7, 11) is 0. The number of nitrogens with zero attached hydrogens (tertiary/aromatic N) is 1. The number of rotatable bonds is 2. The SMILES string of the molecule is Cc1ccc(C)c(CN2CC(O)C(O)C2)c1. The average Bonchev–Trinajstić information content (AvgIpc) is 2.52. The molecular weight excluding hydrogens is 202 g/mol. The summed E-state index contributed by atoms with van der Waals surface area (Å²) in [5, 5.41) is 19.0. The molecule has 1 aromatic carbocycles. The molecule has 2 N–H and O–H groups in total. The van der Waals surface area contributed by atoms with Crippen molar-refractivity contribution in [2.45, 2.75) is 32.6 Å². The molecule has 0 spiro atoms. The molecule has 16 heavy (non-hydrogen) atoms. The molecule has 1 aromatic rings. The smallest absolute Gasteiger partial charge is 0.0938 e. The summed E-state index contributed by atoms with van der Waals surface area (Å²) in [4.78, 5) is 2.09. The van der Waals surface area contributed by atoms with Gasteiger partial charge in [0.1, 0.15) is 0 Å². The summed E-state index contributed by atoms with van der Waals surface area (Å²) in [6, 6.07) is 6.40. The van der Waals surface area contributed by atoms with E-state index in [2.05, 4.69) is 36.9 Å². The van der Waals surface area contributed by atoms with E-state index >= 15 is 0 Å². The molecule has 1 fully saturated rings. The van der Waals surface area contributed by atoms with Gasteiger partial charge in [-0.25, -0.2) is 0 Å². The van der Waals surface area contributed by atoms with Crippen LogP contribution < -0.4 is 0 Å². The van der Waals surface area contributed by atoms with E-state index in [-0.39, 0.29) is 0 Å². The molecule has 2 rings (SSSR count). The van der Waals surface area contributed by atoms with Crippen molar-refractivity contribution in [2.24, 2.45) is 0 Å². The van der Waals surface area contributed by atoms with Gasteiger partial charge >= 0.3 is 0 Å². The van der Waals surface area contributed by atoms with E-state index in [9.17, 15) is 10.2 Å². The third kappa shape index (κ3) is 2.43. The van der Waals surface area contributed by atoms with Crippen LogP contribution in [0.3, 0.4) is 0 Å². The maximum Gasteiger partial charge on any atom is 0.0938 e. The standard InChI is InChI=1S/C13H19NO2/c1-9-3-4-10(2)11(5-9)6-14-7-12(15)13(16)8-14/h3-5,12-13,15-16H,6-8H2,1-2H3. The molecule has 0 amide bonds. The third-order valence-corrected chi connectivity index (χ3v) is 3.23. The molecule has 88 valence electrons. The second-order valence-corrected chi connectivity index (χ2v) is 4.76. The van der Waals surface area contributed by atoms with Gasteiger partial charge in [-0.1, -0.05) is 23.8 Å². The second kappa shape index (κ2) is 4.53. The number of aryl methyl sites for hydroxylation is 2. The van der Waals surface area contributed by atoms with Crippen molar-refractivity contribution >= 4 is 0 Å². The first-order chi connectivity index (χ1) is 7.56. The van der Waals surface area contributed by atoms with Crippen molar-refractivity contribution in [1.29, 1.82) is 0 Å². The topological polar surface area (TPSA) is 43.7 Å². The van der Waals surface area contributed by atoms with Gasteiger partial charge in [-0.2, -0.15) is 0 Å². The molecule has 0 aliphatic carbocycles. The lowest BCUT2D eigenvalue weighted by atomic mass is 10.1. The molecule has 2 unspecified atom stereocenters. The van der Waals surface area contributed by atoms with E-state index in [0.29, 0.717) is 13.1 Å². The van der Waals surface area contributed by atoms with Crippen LogP contribution in [0.4, 0.5) is 0 Å². The van der Waals surface area contributed by atoms with Gasteiger partial charge < -0.3 is 10.2 Å². The summed E-state index contributed by atoms with van der Waals surface area (Å²) in [6.07, 6.45) is -1.18. The second-order valence-electron chi connectivity index (χ2n) is 4.76. The molecule has 1 aliphatic heterocycles. The third-order valence-electron chi connectivity index (χ3n) is 3.23. The summed E-state index contributed by atoms with van der Waals surface area (Å²) in [5.41, 5.74) is 3.80. The van der Waals surface area contributed by atoms with Crippen LogP contribution in [-0.4, -0.2) is 40.4 Å². The monoisotopic (exact) mass is 221 g/mol. The maximum atomic E-state index is 9.48. The van der Waals surface area contributed by atoms with Gasteiger partial charge in [-0.3, -0.25) is 4.90 Å². The Labute approximate surface area is 96.3 Å². The van der Waals surface area contributed by atoms with Gasteiger partial charge in [0.15, 0.2) is 0 Å². The molecule has 1 aliphatic rings. The minimum absolute atomic E-state index is 0.564. The zero-order valence-electron chi connectivity index (χ0n) is 9.85. The molecule has 3 nitrogen and oxygen atoms in total. The summed E-state index contributed by atoms with van der Waals surface area (Å²) >= 11 is 0. The molecule has 0 saturated carbocycles. The van der Waals surface area contributed by atoms with Crippen molar-refractivity contribution in [2.75, 3.05) is 13.1 Å². The van der Waals surface area contributed by atoms with Crippen molar-refractivity contribution in [1.82, 2.24) is 4.90 Å². The number of aliphatic hydroxyl groups excluding tert-OH is 2. The zero-order valence-corrected chi connectivity index (χ0v) is 9.85. The molecule has 1 heterocycles. The van der Waals surface area contributed by atoms with Crippen molar-refractivity contribution in [3.63, 3.8) is 0 Å². The number of likely N-dealkylation sites (tertiary alicyclic amines) is 1. The normalized spacial score (nSPS) is 26.2. The van der Waals surface area contributed by atoms with Gasteiger partial charge in [0.2, 0.25) is 0 Å². The van der Waals surface area contributed by atoms with Gasteiger partial charge in [0.05, 0.1) is 12.2 Å². The van der Waals surface area contributed by atoms with E-state index in [4.69, 9.17) is 0 Å². The Morgan fingerprint density at radius 3 is 2.44 bits per heavy atom. The Bertz CT molecular complexity index is 368. The molecular formula is C13H19NO2. The van der Waals surface area contributed by atoms with Gasteiger partial charge in [0, 0.05) is 19.6 Å². The molecule has 0 bridgehead atoms. The fourth-order valence-electron chi connectivity index (χ4n) is 2.19. The summed E-state index contributed by atoms with van der Waals surface area (Å²) in [6.45, 7) is 6.11. The first kappa shape index (κ1) is 11.6. The Hall–Kier alpha value is -0.900. The lowest BCUT2D eigenvalue weighted by molar-refractivity contribution is 0.0572. The van der Waals surface area contributed by atoms with Crippen LogP contribution in [0.5, 0.6) is 0 Å². The highest BCUT2D eigenvalue weighted by molar-refractivity contribution is 5.30. The highest BCUT2D eigenvalue weighted by Crippen LogP contribution is 2.17. The Morgan fingerprint density at radius 2 is 1.81 bits per heavy atom. The largest absolute Gasteiger partial charge is 0.389 e. The first-order valence-electron chi connectivity index (χ1n) is 5.71. The summed E-state index contributed by atoms with van der Waals surface area (Å²) < 4.78 is 0. The Kier molecular flexibility index (Phi) is 3.28. The Morgan fingerprint density at radius 1 is 1.19 bits per heavy atom. The highest BCUT2D eigenvalue weighted by atomic mass is 16.3. The molecule has 0 aromatic heterocycles. The predicted octanol–water partition coefficient (Wildman–Crippen LogP) is 0.841. The maximum absolute atomic E-state index is 9.48. The van der Waals surface area contributed by atoms with Crippen LogP contribution in [0.15, 0.2) is 18.2 Å². The van der Waals surface area contributed by atoms with E-state index in [0.717, 1.165) is 6.54 Å². The summed E-state index contributed by atoms with van der Waals surface area (Å²) in [5.74, 6) is 0. The van der Waals surface area contributed by atoms with Gasteiger partial charge in [-0.15, -0.1) is 0 Å². The van der Waals surface area contributed by atoms with Crippen LogP contribution >= 0.6 is 0 Å². The van der Waals surface area contributed by atoms with E-state index in [1.807, 2.05) is 0 Å². The molecule has 1 saturated heterocycles. The lowest BCUT2D eigenvalue weighted by Crippen LogP contribution is -2.22. The fraction of sp³-hybridized carbons (Fsp3) is 0.538. The average molecular weight is 221 g/mol. The zero-order chi connectivity index (χ0) is 11.7. The number of hydrogen-bond donors (Lipinski definition) is 2. The van der Waals surface area contributed by atoms with Gasteiger partial charge in [-0.05, 0) is 25.0 Å². The highest BCUT2D eigenvalue weighted by Gasteiger charge is 2.29. The number of hydrogen-bond acceptors (Lipinski definition) is 3. The van der Waals surface area contributed by atoms with Crippen LogP contribution in [0.2, 0.25) is 0 Å². The van der Waals surface area contributed by atoms with Crippen molar-refractivity contribution in [3.8, 4) is 0 Å². The molecule has 2 atom stereocenters. The Balaban J connectivity index is 2.07. The fourth-order valence-corrected chi connectivity index (χ4v) is 2.19. The number of benzene rings is 1. The quantitative estimate of drug-likeness (QED) is 0.778. The minimum atomic E-state index is -0.592. The lowest BCUT2D eigenvalue weighted by Gasteiger charge is -2.16.